The Morgan fingerprint density at radius 3 is 2.20 bits per heavy atom. The van der Waals surface area contributed by atoms with Gasteiger partial charge in [0.05, 0.1) is 6.04 Å². The number of aryl methyl sites for hydroxylation is 2. The molecule has 1 fully saturated rings. The summed E-state index contributed by atoms with van der Waals surface area (Å²) in [4.78, 5) is 15.2. The van der Waals surface area contributed by atoms with E-state index in [9.17, 15) is 9.90 Å². The molecular weight excluding hydrogens is 436 g/mol. The summed E-state index contributed by atoms with van der Waals surface area (Å²) in [7, 11) is 0. The molecule has 0 aromatic heterocycles. The van der Waals surface area contributed by atoms with Crippen molar-refractivity contribution in [2.24, 2.45) is 0 Å². The van der Waals surface area contributed by atoms with Crippen LogP contribution in [-0.2, 0) is 29.0 Å². The monoisotopic (exact) mass is 464 g/mol. The number of benzene rings is 3. The fourth-order valence-corrected chi connectivity index (χ4v) is 5.64. The van der Waals surface area contributed by atoms with E-state index >= 15 is 0 Å². The molecule has 35 heavy (non-hydrogen) atoms. The van der Waals surface area contributed by atoms with Crippen molar-refractivity contribution >= 4 is 5.91 Å². The number of carbonyl (C=O) groups excluding carboxylic acids is 1. The van der Waals surface area contributed by atoms with Crippen LogP contribution in [0.1, 0.15) is 33.7 Å². The molecule has 0 saturated carbocycles. The molecule has 176 valence electrons. The van der Waals surface area contributed by atoms with Gasteiger partial charge in [-0.05, 0) is 46.7 Å². The number of amides is 1. The van der Waals surface area contributed by atoms with Crippen LogP contribution in [0.15, 0.2) is 103 Å². The van der Waals surface area contributed by atoms with Crippen LogP contribution in [0.3, 0.4) is 0 Å². The Bertz CT molecular complexity index is 1270. The van der Waals surface area contributed by atoms with Crippen LogP contribution in [0.2, 0.25) is 0 Å². The molecule has 3 aromatic carbocycles. The van der Waals surface area contributed by atoms with E-state index in [0.717, 1.165) is 18.4 Å². The summed E-state index contributed by atoms with van der Waals surface area (Å²) >= 11 is 0. The molecule has 0 spiro atoms. The molecule has 3 aromatic rings. The van der Waals surface area contributed by atoms with E-state index in [4.69, 9.17) is 4.74 Å². The van der Waals surface area contributed by atoms with Crippen LogP contribution in [-0.4, -0.2) is 34.6 Å². The van der Waals surface area contributed by atoms with Gasteiger partial charge < -0.3 is 20.1 Å². The molecule has 0 radical (unpaired) electrons. The minimum absolute atomic E-state index is 0.0535. The van der Waals surface area contributed by atoms with Crippen molar-refractivity contribution in [3.05, 3.63) is 130 Å². The largest absolute Gasteiger partial charge is 0.488 e. The standard InChI is InChI=1S/C30H28N2O3/c33-26-16-17-32-25(18-31-30(34)28(32)29(26)35-19-20-8-2-1-3-9-20)27-23-12-6-4-10-21(23)14-15-22-11-5-7-13-24(22)27/h1-13,16-17,25-27,33H,14-15,18-19H2,(H,31,34). The number of hydrogen-bond acceptors (Lipinski definition) is 4. The first kappa shape index (κ1) is 21.7. The van der Waals surface area contributed by atoms with E-state index in [0.29, 0.717) is 18.0 Å². The van der Waals surface area contributed by atoms with Crippen molar-refractivity contribution in [2.75, 3.05) is 6.54 Å². The average molecular weight is 465 g/mol. The Morgan fingerprint density at radius 2 is 1.51 bits per heavy atom. The summed E-state index contributed by atoms with van der Waals surface area (Å²) in [5.74, 6) is 0.146. The molecule has 3 aliphatic rings. The summed E-state index contributed by atoms with van der Waals surface area (Å²) in [6.45, 7) is 0.785. The molecule has 5 nitrogen and oxygen atoms in total. The van der Waals surface area contributed by atoms with Gasteiger partial charge in [0.25, 0.3) is 5.91 Å². The molecule has 2 aliphatic heterocycles. The van der Waals surface area contributed by atoms with Crippen LogP contribution in [0.5, 0.6) is 0 Å². The molecule has 5 heteroatoms. The normalized spacial score (nSPS) is 21.5. The van der Waals surface area contributed by atoms with Gasteiger partial charge in [-0.3, -0.25) is 4.79 Å². The molecule has 2 atom stereocenters. The summed E-state index contributed by atoms with van der Waals surface area (Å²) in [6, 6.07) is 27.0. The Kier molecular flexibility index (Phi) is 5.63. The fraction of sp³-hybridized carbons (Fsp3) is 0.233. The fourth-order valence-electron chi connectivity index (χ4n) is 5.64. The third kappa shape index (κ3) is 3.92. The van der Waals surface area contributed by atoms with Crippen LogP contribution >= 0.6 is 0 Å². The van der Waals surface area contributed by atoms with Crippen molar-refractivity contribution in [3.63, 3.8) is 0 Å². The van der Waals surface area contributed by atoms with Crippen molar-refractivity contribution in [3.8, 4) is 0 Å². The van der Waals surface area contributed by atoms with Gasteiger partial charge in [-0.15, -0.1) is 0 Å². The molecule has 0 bridgehead atoms. The lowest BCUT2D eigenvalue weighted by Crippen LogP contribution is -2.55. The highest BCUT2D eigenvalue weighted by molar-refractivity contribution is 5.95. The van der Waals surface area contributed by atoms with Gasteiger partial charge in [0.1, 0.15) is 18.4 Å². The van der Waals surface area contributed by atoms with E-state index in [-0.39, 0.29) is 24.5 Å². The van der Waals surface area contributed by atoms with Crippen molar-refractivity contribution in [2.45, 2.75) is 37.5 Å². The zero-order chi connectivity index (χ0) is 23.8. The number of nitrogens with one attached hydrogen (secondary N) is 1. The zero-order valence-electron chi connectivity index (χ0n) is 19.4. The second kappa shape index (κ2) is 9.08. The number of nitrogens with zero attached hydrogens (tertiary/aromatic N) is 1. The highest BCUT2D eigenvalue weighted by Gasteiger charge is 2.42. The van der Waals surface area contributed by atoms with Gasteiger partial charge in [0.2, 0.25) is 0 Å². The topological polar surface area (TPSA) is 61.8 Å². The van der Waals surface area contributed by atoms with Crippen molar-refractivity contribution in [1.29, 1.82) is 0 Å². The molecule has 6 rings (SSSR count). The lowest BCUT2D eigenvalue weighted by Gasteiger charge is -2.44. The number of aliphatic hydroxyl groups is 1. The molecule has 2 unspecified atom stereocenters. The Morgan fingerprint density at radius 1 is 0.886 bits per heavy atom. The van der Waals surface area contributed by atoms with E-state index in [1.807, 2.05) is 41.4 Å². The first-order chi connectivity index (χ1) is 17.2. The number of rotatable bonds is 4. The van der Waals surface area contributed by atoms with Crippen LogP contribution in [0.25, 0.3) is 0 Å². The predicted molar refractivity (Wildman–Crippen MR) is 134 cm³/mol. The number of ether oxygens (including phenoxy) is 1. The second-order valence-corrected chi connectivity index (χ2v) is 9.33. The van der Waals surface area contributed by atoms with E-state index in [1.54, 1.807) is 6.08 Å². The summed E-state index contributed by atoms with van der Waals surface area (Å²) in [6.07, 6.45) is 4.58. The number of piperazine rings is 1. The van der Waals surface area contributed by atoms with Gasteiger partial charge in [0, 0.05) is 18.7 Å². The Labute approximate surface area is 205 Å². The SMILES string of the molecule is O=C1NCC(C2c3ccccc3CCc3ccccc32)N2C=CC(O)C(OCc3ccccc3)=C12. The highest BCUT2D eigenvalue weighted by atomic mass is 16.5. The average Bonchev–Trinajstić information content (AvgIpc) is 3.06. The van der Waals surface area contributed by atoms with Crippen molar-refractivity contribution < 1.29 is 14.6 Å². The predicted octanol–water partition coefficient (Wildman–Crippen LogP) is 4.03. The number of aliphatic hydroxyl groups excluding tert-OH is 1. The highest BCUT2D eigenvalue weighted by Crippen LogP contribution is 2.41. The smallest absolute Gasteiger partial charge is 0.271 e. The first-order valence-corrected chi connectivity index (χ1v) is 12.2. The number of carbonyl (C=O) groups is 1. The Balaban J connectivity index is 1.43. The van der Waals surface area contributed by atoms with E-state index in [2.05, 4.69) is 53.8 Å². The van der Waals surface area contributed by atoms with Gasteiger partial charge in [-0.1, -0.05) is 78.9 Å². The number of fused-ring (bicyclic) bond motifs is 3. The minimum atomic E-state index is -0.969. The third-order valence-corrected chi connectivity index (χ3v) is 7.30. The van der Waals surface area contributed by atoms with Gasteiger partial charge in [-0.2, -0.15) is 0 Å². The lowest BCUT2D eigenvalue weighted by molar-refractivity contribution is -0.121. The van der Waals surface area contributed by atoms with Crippen LogP contribution in [0.4, 0.5) is 0 Å². The summed E-state index contributed by atoms with van der Waals surface area (Å²) < 4.78 is 6.10. The second-order valence-electron chi connectivity index (χ2n) is 9.33. The Hall–Kier alpha value is -3.83. The van der Waals surface area contributed by atoms with Crippen LogP contribution in [0, 0.1) is 0 Å². The van der Waals surface area contributed by atoms with Crippen LogP contribution < -0.4 is 5.32 Å². The third-order valence-electron chi connectivity index (χ3n) is 7.30. The molecule has 1 saturated heterocycles. The lowest BCUT2D eigenvalue weighted by atomic mass is 9.80. The summed E-state index contributed by atoms with van der Waals surface area (Å²) in [5, 5.41) is 13.9. The van der Waals surface area contributed by atoms with Gasteiger partial charge in [0.15, 0.2) is 5.76 Å². The maximum atomic E-state index is 13.1. The maximum absolute atomic E-state index is 13.1. The van der Waals surface area contributed by atoms with Crippen molar-refractivity contribution in [1.82, 2.24) is 10.2 Å². The molecule has 2 N–H and O–H groups in total. The minimum Gasteiger partial charge on any atom is -0.488 e. The maximum Gasteiger partial charge on any atom is 0.271 e. The molecular formula is C30H28N2O3. The van der Waals surface area contributed by atoms with E-state index in [1.165, 1.54) is 22.3 Å². The first-order valence-electron chi connectivity index (χ1n) is 12.2. The zero-order valence-corrected chi connectivity index (χ0v) is 19.4. The van der Waals surface area contributed by atoms with Gasteiger partial charge >= 0.3 is 0 Å². The van der Waals surface area contributed by atoms with Gasteiger partial charge in [-0.25, -0.2) is 0 Å². The molecule has 2 heterocycles. The molecule has 1 amide bonds. The van der Waals surface area contributed by atoms with E-state index < -0.39 is 6.10 Å². The quantitative estimate of drug-likeness (QED) is 0.612. The summed E-state index contributed by atoms with van der Waals surface area (Å²) in [5.41, 5.74) is 6.66. The number of hydrogen-bond donors (Lipinski definition) is 2. The molecule has 1 aliphatic carbocycles.